The molecule has 0 spiro atoms. The lowest BCUT2D eigenvalue weighted by molar-refractivity contribution is 0.602. The van der Waals surface area contributed by atoms with E-state index in [1.54, 1.807) is 12.1 Å². The molecule has 0 unspecified atom stereocenters. The molecule has 0 amide bonds. The van der Waals surface area contributed by atoms with Crippen molar-refractivity contribution < 1.29 is 8.42 Å². The Morgan fingerprint density at radius 1 is 1.58 bits per heavy atom. The SMILES string of the molecule is CS(=O)(=O)c1cc(Br)ccc1N/N=C(\C#N)C(=N)N. The lowest BCUT2D eigenvalue weighted by atomic mass is 10.3. The summed E-state index contributed by atoms with van der Waals surface area (Å²) >= 11 is 3.17. The lowest BCUT2D eigenvalue weighted by Crippen LogP contribution is -2.22. The summed E-state index contributed by atoms with van der Waals surface area (Å²) < 4.78 is 23.8. The van der Waals surface area contributed by atoms with Crippen LogP contribution in [0.5, 0.6) is 0 Å². The van der Waals surface area contributed by atoms with E-state index in [9.17, 15) is 8.42 Å². The van der Waals surface area contributed by atoms with E-state index < -0.39 is 15.7 Å². The predicted molar refractivity (Wildman–Crippen MR) is 75.8 cm³/mol. The number of rotatable bonds is 4. The van der Waals surface area contributed by atoms with Gasteiger partial charge in [0.1, 0.15) is 6.07 Å². The van der Waals surface area contributed by atoms with Gasteiger partial charge in [-0.25, -0.2) is 8.42 Å². The Morgan fingerprint density at radius 2 is 2.21 bits per heavy atom. The first-order valence-electron chi connectivity index (χ1n) is 4.83. The summed E-state index contributed by atoms with van der Waals surface area (Å²) in [4.78, 5) is 0.0199. The molecule has 0 saturated carbocycles. The normalized spacial score (nSPS) is 11.7. The number of amidine groups is 1. The molecule has 1 aromatic rings. The number of hydrogen-bond donors (Lipinski definition) is 3. The van der Waals surface area contributed by atoms with Crippen LogP contribution in [0.25, 0.3) is 0 Å². The van der Waals surface area contributed by atoms with E-state index in [0.717, 1.165) is 6.26 Å². The minimum atomic E-state index is -3.46. The van der Waals surface area contributed by atoms with E-state index in [1.807, 2.05) is 0 Å². The maximum Gasteiger partial charge on any atom is 0.201 e. The zero-order chi connectivity index (χ0) is 14.6. The fourth-order valence-electron chi connectivity index (χ4n) is 1.16. The number of hydrazone groups is 1. The van der Waals surface area contributed by atoms with Crippen LogP contribution in [0.15, 0.2) is 32.7 Å². The van der Waals surface area contributed by atoms with Gasteiger partial charge in [0, 0.05) is 10.7 Å². The first-order chi connectivity index (χ1) is 8.75. The molecule has 0 aliphatic carbocycles. The van der Waals surface area contributed by atoms with E-state index in [1.165, 1.54) is 12.1 Å². The zero-order valence-corrected chi connectivity index (χ0v) is 12.2. The maximum atomic E-state index is 11.6. The number of nitrogens with zero attached hydrogens (tertiary/aromatic N) is 2. The number of halogens is 1. The highest BCUT2D eigenvalue weighted by atomic mass is 79.9. The number of benzene rings is 1. The van der Waals surface area contributed by atoms with Crippen molar-refractivity contribution >= 4 is 43.0 Å². The summed E-state index contributed by atoms with van der Waals surface area (Å²) in [5.74, 6) is -0.506. The summed E-state index contributed by atoms with van der Waals surface area (Å²) in [5.41, 5.74) is 7.41. The monoisotopic (exact) mass is 343 g/mol. The molecule has 0 aliphatic heterocycles. The zero-order valence-electron chi connectivity index (χ0n) is 9.81. The third-order valence-electron chi connectivity index (χ3n) is 1.99. The van der Waals surface area contributed by atoms with Gasteiger partial charge in [-0.1, -0.05) is 15.9 Å². The van der Waals surface area contributed by atoms with Gasteiger partial charge in [-0.3, -0.25) is 10.8 Å². The second kappa shape index (κ2) is 5.81. The van der Waals surface area contributed by atoms with Crippen molar-refractivity contribution in [3.63, 3.8) is 0 Å². The van der Waals surface area contributed by atoms with Crippen LogP contribution in [0, 0.1) is 16.7 Å². The Bertz CT molecular complexity index is 690. The van der Waals surface area contributed by atoms with Crippen molar-refractivity contribution in [2.24, 2.45) is 10.8 Å². The van der Waals surface area contributed by atoms with Gasteiger partial charge in [0.25, 0.3) is 0 Å². The van der Waals surface area contributed by atoms with Crippen LogP contribution in [0.1, 0.15) is 0 Å². The Kier molecular flexibility index (Phi) is 4.63. The molecule has 0 fully saturated rings. The van der Waals surface area contributed by atoms with Crippen LogP contribution in [0.2, 0.25) is 0 Å². The minimum absolute atomic E-state index is 0.0199. The average Bonchev–Trinajstić information content (AvgIpc) is 2.29. The van der Waals surface area contributed by atoms with Gasteiger partial charge in [-0.15, -0.1) is 0 Å². The second-order valence-electron chi connectivity index (χ2n) is 3.51. The fourth-order valence-corrected chi connectivity index (χ4v) is 2.52. The summed E-state index contributed by atoms with van der Waals surface area (Å²) in [6, 6.07) is 6.13. The first kappa shape index (κ1) is 15.1. The predicted octanol–water partition coefficient (Wildman–Crippen LogP) is 1.08. The van der Waals surface area contributed by atoms with Crippen LogP contribution >= 0.6 is 15.9 Å². The summed E-state index contributed by atoms with van der Waals surface area (Å²) in [5, 5.41) is 19.4. The molecule has 7 nitrogen and oxygen atoms in total. The summed E-state index contributed by atoms with van der Waals surface area (Å²) in [7, 11) is -3.46. The Balaban J connectivity index is 3.24. The molecule has 1 rings (SSSR count). The number of nitriles is 1. The van der Waals surface area contributed by atoms with Crippen LogP contribution in [-0.2, 0) is 9.84 Å². The van der Waals surface area contributed by atoms with Gasteiger partial charge in [0.15, 0.2) is 15.7 Å². The van der Waals surface area contributed by atoms with E-state index in [2.05, 4.69) is 26.5 Å². The van der Waals surface area contributed by atoms with Crippen LogP contribution in [0.3, 0.4) is 0 Å². The van der Waals surface area contributed by atoms with Crippen molar-refractivity contribution in [2.45, 2.75) is 4.90 Å². The minimum Gasteiger partial charge on any atom is -0.382 e. The third-order valence-corrected chi connectivity index (χ3v) is 3.62. The number of nitrogens with one attached hydrogen (secondary N) is 2. The molecular weight excluding hydrogens is 334 g/mol. The van der Waals surface area contributed by atoms with Crippen LogP contribution < -0.4 is 11.2 Å². The molecule has 0 atom stereocenters. The first-order valence-corrected chi connectivity index (χ1v) is 7.52. The number of sulfone groups is 1. The number of hydrogen-bond acceptors (Lipinski definition) is 6. The van der Waals surface area contributed by atoms with Crippen molar-refractivity contribution in [2.75, 3.05) is 11.7 Å². The van der Waals surface area contributed by atoms with E-state index in [4.69, 9.17) is 16.4 Å². The highest BCUT2D eigenvalue weighted by Gasteiger charge is 2.14. The Hall–Kier alpha value is -1.92. The number of nitrogens with two attached hydrogens (primary N) is 1. The van der Waals surface area contributed by atoms with Gasteiger partial charge in [0.2, 0.25) is 5.71 Å². The van der Waals surface area contributed by atoms with Gasteiger partial charge in [-0.2, -0.15) is 10.4 Å². The van der Waals surface area contributed by atoms with Gasteiger partial charge < -0.3 is 5.73 Å². The molecule has 19 heavy (non-hydrogen) atoms. The standard InChI is InChI=1S/C10H10BrN5O2S/c1-19(17,18)9-4-6(11)2-3-7(9)15-16-8(5-12)10(13)14/h2-4,15H,1H3,(H3,13,14)/b16-8+. The maximum absolute atomic E-state index is 11.6. The molecule has 4 N–H and O–H groups in total. The van der Waals surface area contributed by atoms with E-state index >= 15 is 0 Å². The Labute approximate surface area is 118 Å². The average molecular weight is 344 g/mol. The van der Waals surface area contributed by atoms with Crippen molar-refractivity contribution in [1.82, 2.24) is 0 Å². The molecule has 0 radical (unpaired) electrons. The molecular formula is C10H10BrN5O2S. The molecule has 0 heterocycles. The molecule has 0 bridgehead atoms. The lowest BCUT2D eigenvalue weighted by Gasteiger charge is -2.08. The highest BCUT2D eigenvalue weighted by Crippen LogP contribution is 2.25. The fraction of sp³-hybridized carbons (Fsp3) is 0.100. The van der Waals surface area contributed by atoms with Crippen molar-refractivity contribution in [1.29, 1.82) is 10.7 Å². The molecule has 9 heteroatoms. The summed E-state index contributed by atoms with van der Waals surface area (Å²) in [6.07, 6.45) is 1.06. The van der Waals surface area contributed by atoms with Crippen LogP contribution in [0.4, 0.5) is 5.69 Å². The van der Waals surface area contributed by atoms with E-state index in [-0.39, 0.29) is 16.3 Å². The topological polar surface area (TPSA) is 132 Å². The number of anilines is 1. The van der Waals surface area contributed by atoms with Gasteiger partial charge >= 0.3 is 0 Å². The third kappa shape index (κ3) is 4.04. The van der Waals surface area contributed by atoms with Crippen LogP contribution in [-0.4, -0.2) is 26.2 Å². The quantitative estimate of drug-likeness (QED) is 0.427. The molecule has 0 saturated heterocycles. The largest absolute Gasteiger partial charge is 0.382 e. The van der Waals surface area contributed by atoms with Gasteiger partial charge in [-0.05, 0) is 18.2 Å². The molecule has 1 aromatic carbocycles. The van der Waals surface area contributed by atoms with Gasteiger partial charge in [0.05, 0.1) is 10.6 Å². The van der Waals surface area contributed by atoms with Crippen molar-refractivity contribution in [3.05, 3.63) is 22.7 Å². The Morgan fingerprint density at radius 3 is 2.68 bits per heavy atom. The smallest absolute Gasteiger partial charge is 0.201 e. The second-order valence-corrected chi connectivity index (χ2v) is 6.41. The molecule has 0 aromatic heterocycles. The van der Waals surface area contributed by atoms with Crippen molar-refractivity contribution in [3.8, 4) is 6.07 Å². The highest BCUT2D eigenvalue weighted by molar-refractivity contribution is 9.10. The summed E-state index contributed by atoms with van der Waals surface area (Å²) in [6.45, 7) is 0. The molecule has 0 aliphatic rings. The molecule has 100 valence electrons. The van der Waals surface area contributed by atoms with E-state index in [0.29, 0.717) is 4.47 Å².